The number of nitrogens with one attached hydrogen (secondary N) is 1. The number of halogens is 1. The molecule has 1 atom stereocenters. The summed E-state index contributed by atoms with van der Waals surface area (Å²) >= 11 is 0. The molecular weight excluding hydrogens is 379 g/mol. The summed E-state index contributed by atoms with van der Waals surface area (Å²) in [5.41, 5.74) is 2.67. The number of nitrogens with zero attached hydrogens (tertiary/aromatic N) is 1. The minimum atomic E-state index is -0.222. The fraction of sp³-hybridized carbons (Fsp3) is 0.360. The van der Waals surface area contributed by atoms with E-state index in [2.05, 4.69) is 17.2 Å². The zero-order chi connectivity index (χ0) is 21.1. The molecule has 4 nitrogen and oxygen atoms in total. The van der Waals surface area contributed by atoms with Gasteiger partial charge in [0.1, 0.15) is 11.6 Å². The van der Waals surface area contributed by atoms with Gasteiger partial charge in [-0.25, -0.2) is 4.39 Å². The molecule has 0 spiro atoms. The maximum atomic E-state index is 13.8. The van der Waals surface area contributed by atoms with Gasteiger partial charge in [-0.3, -0.25) is 9.78 Å². The van der Waals surface area contributed by atoms with Gasteiger partial charge in [-0.05, 0) is 98.5 Å². The van der Waals surface area contributed by atoms with Crippen molar-refractivity contribution in [2.24, 2.45) is 5.92 Å². The maximum Gasteiger partial charge on any atom is 0.251 e. The highest BCUT2D eigenvalue weighted by Crippen LogP contribution is 2.39. The van der Waals surface area contributed by atoms with Crippen LogP contribution in [0.25, 0.3) is 10.9 Å². The van der Waals surface area contributed by atoms with Gasteiger partial charge in [-0.1, -0.05) is 0 Å². The van der Waals surface area contributed by atoms with Gasteiger partial charge in [0.15, 0.2) is 0 Å². The lowest BCUT2D eigenvalue weighted by Crippen LogP contribution is -2.39. The Morgan fingerprint density at radius 2 is 1.83 bits per heavy atom. The van der Waals surface area contributed by atoms with Crippen molar-refractivity contribution in [3.05, 3.63) is 71.7 Å². The molecule has 1 aliphatic carbocycles. The first-order valence-electron chi connectivity index (χ1n) is 10.5. The van der Waals surface area contributed by atoms with E-state index in [1.165, 1.54) is 11.6 Å². The molecule has 3 aromatic rings. The molecule has 1 fully saturated rings. The number of hydrogen-bond acceptors (Lipinski definition) is 3. The topological polar surface area (TPSA) is 51.2 Å². The number of aromatic nitrogens is 1. The molecule has 0 radical (unpaired) electrons. The second kappa shape index (κ2) is 8.82. The van der Waals surface area contributed by atoms with Crippen LogP contribution < -0.4 is 10.1 Å². The number of carbonyl (C=O) groups is 1. The van der Waals surface area contributed by atoms with E-state index >= 15 is 0 Å². The van der Waals surface area contributed by atoms with Gasteiger partial charge in [0.05, 0.1) is 12.6 Å². The largest absolute Gasteiger partial charge is 0.497 e. The van der Waals surface area contributed by atoms with Crippen molar-refractivity contribution >= 4 is 16.8 Å². The summed E-state index contributed by atoms with van der Waals surface area (Å²) in [6.45, 7) is 2.09. The molecule has 0 saturated heterocycles. The molecule has 1 N–H and O–H groups in total. The van der Waals surface area contributed by atoms with Crippen molar-refractivity contribution in [3.63, 3.8) is 0 Å². The third kappa shape index (κ3) is 4.30. The van der Waals surface area contributed by atoms with Crippen molar-refractivity contribution in [2.75, 3.05) is 7.11 Å². The van der Waals surface area contributed by atoms with Crippen LogP contribution in [0.1, 0.15) is 54.4 Å². The van der Waals surface area contributed by atoms with Gasteiger partial charge >= 0.3 is 0 Å². The molecule has 4 rings (SSSR count). The third-order valence-corrected chi connectivity index (χ3v) is 6.37. The van der Waals surface area contributed by atoms with E-state index in [1.807, 2.05) is 12.3 Å². The summed E-state index contributed by atoms with van der Waals surface area (Å²) in [5, 5.41) is 4.07. The van der Waals surface area contributed by atoms with E-state index in [-0.39, 0.29) is 17.8 Å². The highest BCUT2D eigenvalue weighted by atomic mass is 19.1. The molecule has 1 amide bonds. The number of amides is 1. The average molecular weight is 407 g/mol. The van der Waals surface area contributed by atoms with Crippen molar-refractivity contribution < 1.29 is 13.9 Å². The van der Waals surface area contributed by atoms with Crippen molar-refractivity contribution in [3.8, 4) is 5.75 Å². The van der Waals surface area contributed by atoms with Crippen LogP contribution in [0.3, 0.4) is 0 Å². The van der Waals surface area contributed by atoms with Gasteiger partial charge in [-0.15, -0.1) is 0 Å². The normalized spacial score (nSPS) is 20.0. The van der Waals surface area contributed by atoms with Crippen LogP contribution in [0.4, 0.5) is 4.39 Å². The SMILES string of the molecule is COc1ccc(C(=O)N[C@H](C)[C@H]2CC[C@H](c3ccnc4ccc(F)cc43)CC2)cc1. The standard InChI is InChI=1S/C25H27FN2O2/c1-16(28-25(29)19-7-10-21(30-2)11-8-19)17-3-5-18(6-4-17)22-13-14-27-24-12-9-20(26)15-23(22)24/h7-18H,3-6H2,1-2H3,(H,28,29)/t16-,17-,18-/m1/s1. The van der Waals surface area contributed by atoms with Crippen LogP contribution in [0, 0.1) is 11.7 Å². The van der Waals surface area contributed by atoms with Gasteiger partial charge < -0.3 is 10.1 Å². The zero-order valence-corrected chi connectivity index (χ0v) is 17.4. The monoisotopic (exact) mass is 406 g/mol. The van der Waals surface area contributed by atoms with Gasteiger partial charge in [-0.2, -0.15) is 0 Å². The second-order valence-electron chi connectivity index (χ2n) is 8.16. The molecule has 0 bridgehead atoms. The molecular formula is C25H27FN2O2. The van der Waals surface area contributed by atoms with E-state index in [4.69, 9.17) is 4.74 Å². The molecule has 5 heteroatoms. The first-order valence-corrected chi connectivity index (χ1v) is 10.5. The number of hydrogen-bond donors (Lipinski definition) is 1. The van der Waals surface area contributed by atoms with E-state index in [1.54, 1.807) is 43.5 Å². The fourth-order valence-electron chi connectivity index (χ4n) is 4.58. The quantitative estimate of drug-likeness (QED) is 0.611. The highest BCUT2D eigenvalue weighted by molar-refractivity contribution is 5.94. The Labute approximate surface area is 176 Å². The lowest BCUT2D eigenvalue weighted by atomic mass is 9.75. The Kier molecular flexibility index (Phi) is 5.98. The van der Waals surface area contributed by atoms with Crippen molar-refractivity contribution in [1.82, 2.24) is 10.3 Å². The predicted molar refractivity (Wildman–Crippen MR) is 116 cm³/mol. The highest BCUT2D eigenvalue weighted by Gasteiger charge is 2.28. The Morgan fingerprint density at radius 3 is 2.53 bits per heavy atom. The fourth-order valence-corrected chi connectivity index (χ4v) is 4.58. The number of benzene rings is 2. The van der Waals surface area contributed by atoms with E-state index in [9.17, 15) is 9.18 Å². The first kappa shape index (κ1) is 20.3. The number of rotatable bonds is 5. The molecule has 156 valence electrons. The Hall–Kier alpha value is -2.95. The summed E-state index contributed by atoms with van der Waals surface area (Å²) in [7, 11) is 1.61. The van der Waals surface area contributed by atoms with Crippen LogP contribution in [0.2, 0.25) is 0 Å². The van der Waals surface area contributed by atoms with Gasteiger partial charge in [0.2, 0.25) is 0 Å². The molecule has 1 aromatic heterocycles. The van der Waals surface area contributed by atoms with Crippen LogP contribution in [-0.2, 0) is 0 Å². The number of methoxy groups -OCH3 is 1. The Balaban J connectivity index is 1.38. The number of pyridine rings is 1. The first-order chi connectivity index (χ1) is 14.5. The van der Waals surface area contributed by atoms with E-state index < -0.39 is 0 Å². The minimum Gasteiger partial charge on any atom is -0.497 e. The molecule has 1 saturated carbocycles. The summed E-state index contributed by atoms with van der Waals surface area (Å²) in [5.74, 6) is 1.30. The summed E-state index contributed by atoms with van der Waals surface area (Å²) < 4.78 is 18.9. The van der Waals surface area contributed by atoms with Gasteiger partial charge in [0.25, 0.3) is 5.91 Å². The minimum absolute atomic E-state index is 0.0529. The summed E-state index contributed by atoms with van der Waals surface area (Å²) in [4.78, 5) is 16.9. The lowest BCUT2D eigenvalue weighted by molar-refractivity contribution is 0.0918. The number of carbonyl (C=O) groups excluding carboxylic acids is 1. The average Bonchev–Trinajstić information content (AvgIpc) is 2.78. The van der Waals surface area contributed by atoms with Crippen LogP contribution >= 0.6 is 0 Å². The molecule has 1 heterocycles. The van der Waals surface area contributed by atoms with Crippen LogP contribution in [-0.4, -0.2) is 24.0 Å². The van der Waals surface area contributed by atoms with Crippen molar-refractivity contribution in [1.29, 1.82) is 0 Å². The molecule has 1 aliphatic rings. The number of fused-ring (bicyclic) bond motifs is 1. The van der Waals surface area contributed by atoms with E-state index in [0.717, 1.165) is 42.3 Å². The number of ether oxygens (including phenoxy) is 1. The van der Waals surface area contributed by atoms with E-state index in [0.29, 0.717) is 17.4 Å². The van der Waals surface area contributed by atoms with Crippen molar-refractivity contribution in [2.45, 2.75) is 44.6 Å². The zero-order valence-electron chi connectivity index (χ0n) is 17.4. The summed E-state index contributed by atoms with van der Waals surface area (Å²) in [6, 6.07) is 14.1. The molecule has 0 aliphatic heterocycles. The smallest absolute Gasteiger partial charge is 0.251 e. The lowest BCUT2D eigenvalue weighted by Gasteiger charge is -2.33. The maximum absolute atomic E-state index is 13.8. The molecule has 2 aromatic carbocycles. The summed E-state index contributed by atoms with van der Waals surface area (Å²) in [6.07, 6.45) is 5.95. The Bertz CT molecular complexity index is 1030. The Morgan fingerprint density at radius 1 is 1.10 bits per heavy atom. The predicted octanol–water partition coefficient (Wildman–Crippen LogP) is 5.47. The van der Waals surface area contributed by atoms with Gasteiger partial charge in [0, 0.05) is 23.2 Å². The molecule has 0 unspecified atom stereocenters. The second-order valence-corrected chi connectivity index (χ2v) is 8.16. The van der Waals surface area contributed by atoms with Crippen LogP contribution in [0.5, 0.6) is 5.75 Å². The third-order valence-electron chi connectivity index (χ3n) is 6.37. The van der Waals surface area contributed by atoms with Crippen LogP contribution in [0.15, 0.2) is 54.7 Å². The molecule has 30 heavy (non-hydrogen) atoms.